The Morgan fingerprint density at radius 1 is 1.03 bits per heavy atom. The van der Waals surface area contributed by atoms with Gasteiger partial charge in [-0.05, 0) is 18.6 Å². The second kappa shape index (κ2) is 8.62. The average Bonchev–Trinajstić information content (AvgIpc) is 3.19. The standard InChI is InChI=1S/C23H23N5O4/c1-13(29)26-14-10-19(22(24)31)28(12-14)20(30)11-25-23(32)21-15-6-2-4-8-17(15)27-18-9-5-3-7-16(18)21/h2-9,14,19H,10-12H2,1H3,(H2,24,31)(H,25,32)(H,26,29). The zero-order chi connectivity index (χ0) is 22.8. The summed E-state index contributed by atoms with van der Waals surface area (Å²) in [4.78, 5) is 55.1. The van der Waals surface area contributed by atoms with Crippen LogP contribution in [0.2, 0.25) is 0 Å². The van der Waals surface area contributed by atoms with Crippen molar-refractivity contribution in [3.63, 3.8) is 0 Å². The second-order valence-corrected chi connectivity index (χ2v) is 7.80. The Balaban J connectivity index is 1.56. The highest BCUT2D eigenvalue weighted by Gasteiger charge is 2.38. The van der Waals surface area contributed by atoms with Gasteiger partial charge in [-0.1, -0.05) is 36.4 Å². The van der Waals surface area contributed by atoms with E-state index in [-0.39, 0.29) is 31.5 Å². The van der Waals surface area contributed by atoms with Crippen molar-refractivity contribution in [3.8, 4) is 0 Å². The van der Waals surface area contributed by atoms with E-state index in [0.717, 1.165) is 0 Å². The molecule has 1 saturated heterocycles. The number of amides is 4. The lowest BCUT2D eigenvalue weighted by Gasteiger charge is -2.22. The van der Waals surface area contributed by atoms with Crippen LogP contribution in [0.15, 0.2) is 48.5 Å². The van der Waals surface area contributed by atoms with E-state index in [9.17, 15) is 19.2 Å². The topological polar surface area (TPSA) is 134 Å². The quantitative estimate of drug-likeness (QED) is 0.510. The molecule has 1 aliphatic heterocycles. The van der Waals surface area contributed by atoms with Gasteiger partial charge in [-0.15, -0.1) is 0 Å². The van der Waals surface area contributed by atoms with Crippen LogP contribution in [0, 0.1) is 0 Å². The number of aromatic nitrogens is 1. The highest BCUT2D eigenvalue weighted by atomic mass is 16.2. The van der Waals surface area contributed by atoms with Crippen LogP contribution in [-0.2, 0) is 14.4 Å². The summed E-state index contributed by atoms with van der Waals surface area (Å²) in [6.45, 7) is 1.22. The predicted molar refractivity (Wildman–Crippen MR) is 118 cm³/mol. The van der Waals surface area contributed by atoms with Crippen molar-refractivity contribution in [2.45, 2.75) is 25.4 Å². The van der Waals surface area contributed by atoms with Gasteiger partial charge in [0.15, 0.2) is 0 Å². The molecule has 4 N–H and O–H groups in total. The minimum Gasteiger partial charge on any atom is -0.368 e. The average molecular weight is 433 g/mol. The van der Waals surface area contributed by atoms with Crippen LogP contribution in [0.25, 0.3) is 21.8 Å². The van der Waals surface area contributed by atoms with Crippen molar-refractivity contribution < 1.29 is 19.2 Å². The number of pyridine rings is 1. The monoisotopic (exact) mass is 433 g/mol. The molecule has 164 valence electrons. The summed E-state index contributed by atoms with van der Waals surface area (Å²) in [5.74, 6) is -1.76. The van der Waals surface area contributed by atoms with E-state index in [1.54, 1.807) is 0 Å². The van der Waals surface area contributed by atoms with Crippen molar-refractivity contribution in [2.75, 3.05) is 13.1 Å². The van der Waals surface area contributed by atoms with Gasteiger partial charge in [-0.25, -0.2) is 4.98 Å². The number of rotatable bonds is 5. The van der Waals surface area contributed by atoms with Crippen LogP contribution >= 0.6 is 0 Å². The Labute approximate surface area is 184 Å². The molecule has 1 aromatic heterocycles. The predicted octanol–water partition coefficient (Wildman–Crippen LogP) is 0.709. The van der Waals surface area contributed by atoms with Crippen molar-refractivity contribution in [1.82, 2.24) is 20.5 Å². The number of para-hydroxylation sites is 2. The zero-order valence-electron chi connectivity index (χ0n) is 17.5. The summed E-state index contributed by atoms with van der Waals surface area (Å²) in [5, 5.41) is 6.74. The second-order valence-electron chi connectivity index (χ2n) is 7.80. The highest BCUT2D eigenvalue weighted by molar-refractivity contribution is 6.16. The fourth-order valence-corrected chi connectivity index (χ4v) is 4.20. The molecule has 2 aromatic carbocycles. The Hall–Kier alpha value is -4.01. The van der Waals surface area contributed by atoms with Gasteiger partial charge in [-0.2, -0.15) is 0 Å². The van der Waals surface area contributed by atoms with Crippen molar-refractivity contribution in [2.24, 2.45) is 5.73 Å². The molecule has 0 radical (unpaired) electrons. The van der Waals surface area contributed by atoms with E-state index >= 15 is 0 Å². The number of carbonyl (C=O) groups is 4. The third kappa shape index (κ3) is 4.09. The molecule has 0 aliphatic carbocycles. The Kier molecular flexibility index (Phi) is 5.72. The number of hydrogen-bond donors (Lipinski definition) is 3. The first-order chi connectivity index (χ1) is 15.3. The first-order valence-electron chi connectivity index (χ1n) is 10.3. The van der Waals surface area contributed by atoms with Gasteiger partial charge >= 0.3 is 0 Å². The normalized spacial score (nSPS) is 18.0. The van der Waals surface area contributed by atoms with Crippen LogP contribution in [0.3, 0.4) is 0 Å². The van der Waals surface area contributed by atoms with Crippen LogP contribution in [-0.4, -0.2) is 58.7 Å². The van der Waals surface area contributed by atoms with E-state index in [2.05, 4.69) is 15.6 Å². The SMILES string of the molecule is CC(=O)NC1CC(C(N)=O)N(C(=O)CNC(=O)c2c3ccccc3nc3ccccc23)C1. The molecular weight excluding hydrogens is 410 g/mol. The molecule has 2 heterocycles. The lowest BCUT2D eigenvalue weighted by Crippen LogP contribution is -2.47. The molecule has 1 fully saturated rings. The van der Waals surface area contributed by atoms with Gasteiger partial charge in [0, 0.05) is 30.3 Å². The molecule has 3 aromatic rings. The van der Waals surface area contributed by atoms with Crippen LogP contribution in [0.1, 0.15) is 23.7 Å². The molecular formula is C23H23N5O4. The summed E-state index contributed by atoms with van der Waals surface area (Å²) in [7, 11) is 0. The number of nitrogens with zero attached hydrogens (tertiary/aromatic N) is 2. The first-order valence-corrected chi connectivity index (χ1v) is 10.3. The fraction of sp³-hybridized carbons (Fsp3) is 0.261. The lowest BCUT2D eigenvalue weighted by atomic mass is 10.0. The minimum atomic E-state index is -0.834. The molecule has 2 unspecified atom stereocenters. The van der Waals surface area contributed by atoms with Gasteiger partial charge < -0.3 is 21.3 Å². The van der Waals surface area contributed by atoms with Crippen molar-refractivity contribution in [1.29, 1.82) is 0 Å². The zero-order valence-corrected chi connectivity index (χ0v) is 17.5. The van der Waals surface area contributed by atoms with E-state index in [4.69, 9.17) is 5.73 Å². The third-order valence-electron chi connectivity index (χ3n) is 5.57. The van der Waals surface area contributed by atoms with Gasteiger partial charge in [0.2, 0.25) is 17.7 Å². The molecule has 0 spiro atoms. The minimum absolute atomic E-state index is 0.156. The number of primary amides is 1. The molecule has 9 heteroatoms. The summed E-state index contributed by atoms with van der Waals surface area (Å²) in [6, 6.07) is 13.4. The third-order valence-corrected chi connectivity index (χ3v) is 5.57. The number of likely N-dealkylation sites (tertiary alicyclic amines) is 1. The summed E-state index contributed by atoms with van der Waals surface area (Å²) in [6.07, 6.45) is 0.244. The van der Waals surface area contributed by atoms with E-state index in [1.165, 1.54) is 11.8 Å². The summed E-state index contributed by atoms with van der Waals surface area (Å²) in [5.41, 5.74) is 7.23. The molecule has 0 saturated carbocycles. The Morgan fingerprint density at radius 2 is 1.62 bits per heavy atom. The van der Waals surface area contributed by atoms with E-state index < -0.39 is 23.8 Å². The Morgan fingerprint density at radius 3 is 2.19 bits per heavy atom. The van der Waals surface area contributed by atoms with Crippen molar-refractivity contribution >= 4 is 45.4 Å². The van der Waals surface area contributed by atoms with Crippen LogP contribution in [0.4, 0.5) is 0 Å². The van der Waals surface area contributed by atoms with Gasteiger partial charge in [-0.3, -0.25) is 19.2 Å². The number of benzene rings is 2. The number of fused-ring (bicyclic) bond motifs is 2. The maximum atomic E-state index is 13.2. The van der Waals surface area contributed by atoms with Gasteiger partial charge in [0.05, 0.1) is 23.1 Å². The summed E-state index contributed by atoms with van der Waals surface area (Å²) >= 11 is 0. The van der Waals surface area contributed by atoms with Crippen LogP contribution in [0.5, 0.6) is 0 Å². The van der Waals surface area contributed by atoms with Gasteiger partial charge in [0.1, 0.15) is 6.04 Å². The molecule has 2 atom stereocenters. The smallest absolute Gasteiger partial charge is 0.253 e. The van der Waals surface area contributed by atoms with Crippen LogP contribution < -0.4 is 16.4 Å². The molecule has 4 amide bonds. The summed E-state index contributed by atoms with van der Waals surface area (Å²) < 4.78 is 0. The maximum absolute atomic E-state index is 13.2. The Bertz CT molecular complexity index is 1190. The number of hydrogen-bond acceptors (Lipinski definition) is 5. The lowest BCUT2D eigenvalue weighted by molar-refractivity contribution is -0.136. The first kappa shape index (κ1) is 21.2. The molecule has 1 aliphatic rings. The largest absolute Gasteiger partial charge is 0.368 e. The van der Waals surface area contributed by atoms with E-state index in [1.807, 2.05) is 48.5 Å². The maximum Gasteiger partial charge on any atom is 0.253 e. The molecule has 0 bridgehead atoms. The number of nitrogens with one attached hydrogen (secondary N) is 2. The molecule has 4 rings (SSSR count). The van der Waals surface area contributed by atoms with E-state index in [0.29, 0.717) is 27.4 Å². The number of nitrogens with two attached hydrogens (primary N) is 1. The molecule has 9 nitrogen and oxygen atoms in total. The highest BCUT2D eigenvalue weighted by Crippen LogP contribution is 2.26. The fourth-order valence-electron chi connectivity index (χ4n) is 4.20. The van der Waals surface area contributed by atoms with Gasteiger partial charge in [0.25, 0.3) is 5.91 Å². The van der Waals surface area contributed by atoms with Crippen molar-refractivity contribution in [3.05, 3.63) is 54.1 Å². The number of carbonyl (C=O) groups excluding carboxylic acids is 4. The molecule has 32 heavy (non-hydrogen) atoms.